The molecule has 2 aliphatic carbocycles. The highest BCUT2D eigenvalue weighted by atomic mass is 16.5. The van der Waals surface area contributed by atoms with E-state index in [9.17, 15) is 4.79 Å². The van der Waals surface area contributed by atoms with Crippen LogP contribution in [-0.4, -0.2) is 23.0 Å². The van der Waals surface area contributed by atoms with Crippen LogP contribution in [0.15, 0.2) is 48.3 Å². The lowest BCUT2D eigenvalue weighted by Gasteiger charge is -2.21. The van der Waals surface area contributed by atoms with Gasteiger partial charge in [-0.3, -0.25) is 4.79 Å². The number of aryl methyl sites for hydroxylation is 1. The molecule has 2 aliphatic rings. The number of hydrogen-bond acceptors (Lipinski definition) is 3. The maximum Gasteiger partial charge on any atom is 0.227 e. The average Bonchev–Trinajstić information content (AvgIpc) is 3.49. The van der Waals surface area contributed by atoms with Crippen molar-refractivity contribution in [3.63, 3.8) is 0 Å². The van der Waals surface area contributed by atoms with Gasteiger partial charge in [0.2, 0.25) is 5.91 Å². The van der Waals surface area contributed by atoms with Crippen LogP contribution < -0.4 is 10.1 Å². The summed E-state index contributed by atoms with van der Waals surface area (Å²) < 4.78 is 5.59. The van der Waals surface area contributed by atoms with E-state index in [1.165, 1.54) is 5.56 Å². The number of methoxy groups -OCH3 is 1. The van der Waals surface area contributed by atoms with Crippen molar-refractivity contribution in [2.24, 2.45) is 5.92 Å². The number of nitrogens with zero attached hydrogens (tertiary/aromatic N) is 1. The second kappa shape index (κ2) is 6.51. The summed E-state index contributed by atoms with van der Waals surface area (Å²) in [6, 6.07) is 6.31. The predicted molar refractivity (Wildman–Crippen MR) is 110 cm³/mol. The molecule has 5 rings (SSSR count). The molecule has 2 aromatic heterocycles. The maximum atomic E-state index is 12.2. The fourth-order valence-corrected chi connectivity index (χ4v) is 4.06. The molecule has 0 spiro atoms. The van der Waals surface area contributed by atoms with Crippen LogP contribution in [0.2, 0.25) is 0 Å². The van der Waals surface area contributed by atoms with Crippen LogP contribution >= 0.6 is 0 Å². The van der Waals surface area contributed by atoms with Gasteiger partial charge in [0.05, 0.1) is 12.6 Å². The van der Waals surface area contributed by atoms with Gasteiger partial charge in [-0.15, -0.1) is 0 Å². The summed E-state index contributed by atoms with van der Waals surface area (Å²) in [7, 11) is 1.69. The van der Waals surface area contributed by atoms with Crippen molar-refractivity contribution in [2.75, 3.05) is 7.11 Å². The smallest absolute Gasteiger partial charge is 0.227 e. The van der Waals surface area contributed by atoms with Crippen LogP contribution in [0.5, 0.6) is 5.75 Å². The second-order valence-electron chi connectivity index (χ2n) is 7.79. The molecule has 5 nitrogen and oxygen atoms in total. The highest BCUT2D eigenvalue weighted by Gasteiger charge is 2.30. The zero-order valence-corrected chi connectivity index (χ0v) is 16.1. The maximum absolute atomic E-state index is 12.2. The number of fused-ring (bicyclic) bond motifs is 3. The van der Waals surface area contributed by atoms with Gasteiger partial charge in [-0.2, -0.15) is 0 Å². The first-order chi connectivity index (χ1) is 13.6. The number of benzene rings is 1. The van der Waals surface area contributed by atoms with Crippen LogP contribution in [0.3, 0.4) is 0 Å². The first-order valence-corrected chi connectivity index (χ1v) is 9.77. The minimum atomic E-state index is 0.159. The molecule has 1 saturated carbocycles. The molecule has 1 fully saturated rings. The zero-order chi connectivity index (χ0) is 19.3. The number of nitrogens with one attached hydrogen (secondary N) is 2. The number of carbonyl (C=O) groups excluding carboxylic acids is 1. The van der Waals surface area contributed by atoms with E-state index in [4.69, 9.17) is 4.74 Å². The molecule has 3 aromatic rings. The molecule has 0 saturated heterocycles. The van der Waals surface area contributed by atoms with Gasteiger partial charge in [-0.25, -0.2) is 4.98 Å². The third-order valence-electron chi connectivity index (χ3n) is 5.67. The number of allylic oxidation sites excluding steroid dienone is 4. The Morgan fingerprint density at radius 1 is 1.32 bits per heavy atom. The average molecular weight is 373 g/mol. The molecular formula is C23H23N3O2. The van der Waals surface area contributed by atoms with Gasteiger partial charge < -0.3 is 15.0 Å². The lowest BCUT2D eigenvalue weighted by atomic mass is 9.87. The first kappa shape index (κ1) is 17.0. The molecule has 1 unspecified atom stereocenters. The predicted octanol–water partition coefficient (Wildman–Crippen LogP) is 4.49. The molecule has 0 radical (unpaired) electrons. The number of amides is 1. The normalized spacial score (nSPS) is 19.1. The Bertz CT molecular complexity index is 1150. The van der Waals surface area contributed by atoms with Gasteiger partial charge >= 0.3 is 0 Å². The standard InChI is InChI=1S/C23H23N3O2/c1-13-10-18-20-17(8-9-19(28-2)21(20)26-22(18)24-12-13)15-4-3-5-16(11-15)25-23(27)14-6-7-14/h3-5,8-10,12,14-15H,6-7,11H2,1-2H3,(H,24,26)(H,25,27). The van der Waals surface area contributed by atoms with Gasteiger partial charge in [0, 0.05) is 34.5 Å². The van der Waals surface area contributed by atoms with E-state index in [2.05, 4.69) is 40.4 Å². The van der Waals surface area contributed by atoms with Crippen molar-refractivity contribution in [3.8, 4) is 5.75 Å². The number of aromatic amines is 1. The Morgan fingerprint density at radius 2 is 2.18 bits per heavy atom. The Balaban J connectivity index is 1.58. The molecule has 2 heterocycles. The molecule has 28 heavy (non-hydrogen) atoms. The van der Waals surface area contributed by atoms with E-state index in [0.717, 1.165) is 58.2 Å². The van der Waals surface area contributed by atoms with E-state index in [1.807, 2.05) is 24.4 Å². The van der Waals surface area contributed by atoms with Crippen molar-refractivity contribution >= 4 is 27.8 Å². The molecule has 1 aromatic carbocycles. The summed E-state index contributed by atoms with van der Waals surface area (Å²) in [6.45, 7) is 2.06. The fourth-order valence-electron chi connectivity index (χ4n) is 4.06. The van der Waals surface area contributed by atoms with Crippen LogP contribution in [0.1, 0.15) is 36.3 Å². The lowest BCUT2D eigenvalue weighted by Crippen LogP contribution is -2.25. The quantitative estimate of drug-likeness (QED) is 0.708. The molecule has 5 heteroatoms. The van der Waals surface area contributed by atoms with Crippen molar-refractivity contribution in [2.45, 2.75) is 32.1 Å². The number of ether oxygens (including phenoxy) is 1. The summed E-state index contributed by atoms with van der Waals surface area (Å²) in [6.07, 6.45) is 10.9. The number of hydrogen-bond donors (Lipinski definition) is 2. The number of carbonyl (C=O) groups is 1. The van der Waals surface area contributed by atoms with Crippen molar-refractivity contribution in [1.29, 1.82) is 0 Å². The highest BCUT2D eigenvalue weighted by molar-refractivity contribution is 6.10. The summed E-state index contributed by atoms with van der Waals surface area (Å²) in [5, 5.41) is 5.37. The number of rotatable bonds is 4. The van der Waals surface area contributed by atoms with Gasteiger partial charge in [-0.1, -0.05) is 18.2 Å². The molecule has 2 N–H and O–H groups in total. The van der Waals surface area contributed by atoms with Crippen molar-refractivity contribution in [1.82, 2.24) is 15.3 Å². The highest BCUT2D eigenvalue weighted by Crippen LogP contribution is 2.40. The van der Waals surface area contributed by atoms with E-state index in [1.54, 1.807) is 7.11 Å². The van der Waals surface area contributed by atoms with Crippen LogP contribution in [0.4, 0.5) is 0 Å². The Hall–Kier alpha value is -3.08. The SMILES string of the molecule is COc1ccc(C2C=CC=C(NC(=O)C3CC3)C2)c2c1[nH]c1ncc(C)cc12. The molecule has 0 bridgehead atoms. The van der Waals surface area contributed by atoms with E-state index in [-0.39, 0.29) is 17.7 Å². The van der Waals surface area contributed by atoms with E-state index >= 15 is 0 Å². The molecule has 1 atom stereocenters. The largest absolute Gasteiger partial charge is 0.495 e. The third kappa shape index (κ3) is 2.87. The van der Waals surface area contributed by atoms with Gasteiger partial charge in [0.25, 0.3) is 0 Å². The van der Waals surface area contributed by atoms with E-state index < -0.39 is 0 Å². The Morgan fingerprint density at radius 3 is 2.96 bits per heavy atom. The third-order valence-corrected chi connectivity index (χ3v) is 5.67. The monoisotopic (exact) mass is 373 g/mol. The number of H-pyrrole nitrogens is 1. The summed E-state index contributed by atoms with van der Waals surface area (Å²) in [5.74, 6) is 1.37. The number of pyridine rings is 1. The lowest BCUT2D eigenvalue weighted by molar-refractivity contribution is -0.121. The summed E-state index contributed by atoms with van der Waals surface area (Å²) in [5.41, 5.74) is 5.17. The summed E-state index contributed by atoms with van der Waals surface area (Å²) in [4.78, 5) is 20.2. The fraction of sp³-hybridized carbons (Fsp3) is 0.304. The van der Waals surface area contributed by atoms with Crippen LogP contribution in [0, 0.1) is 12.8 Å². The minimum absolute atomic E-state index is 0.159. The molecule has 142 valence electrons. The Kier molecular flexibility index (Phi) is 3.97. The summed E-state index contributed by atoms with van der Waals surface area (Å²) >= 11 is 0. The van der Waals surface area contributed by atoms with Crippen molar-refractivity contribution in [3.05, 3.63) is 59.4 Å². The van der Waals surface area contributed by atoms with Gasteiger partial charge in [0.15, 0.2) is 0 Å². The van der Waals surface area contributed by atoms with Gasteiger partial charge in [-0.05, 0) is 55.5 Å². The van der Waals surface area contributed by atoms with Gasteiger partial charge in [0.1, 0.15) is 11.4 Å². The van der Waals surface area contributed by atoms with Crippen LogP contribution in [-0.2, 0) is 4.79 Å². The van der Waals surface area contributed by atoms with Crippen molar-refractivity contribution < 1.29 is 9.53 Å². The topological polar surface area (TPSA) is 67.0 Å². The molecule has 1 amide bonds. The van der Waals surface area contributed by atoms with Crippen LogP contribution in [0.25, 0.3) is 21.9 Å². The Labute approximate surface area is 163 Å². The first-order valence-electron chi connectivity index (χ1n) is 9.77. The minimum Gasteiger partial charge on any atom is -0.495 e. The molecule has 0 aliphatic heterocycles. The zero-order valence-electron chi connectivity index (χ0n) is 16.1. The van der Waals surface area contributed by atoms with E-state index in [0.29, 0.717) is 0 Å². The second-order valence-corrected chi connectivity index (χ2v) is 7.79. The molecular weight excluding hydrogens is 350 g/mol. The number of aromatic nitrogens is 2.